The Balaban J connectivity index is 1.81. The summed E-state index contributed by atoms with van der Waals surface area (Å²) < 4.78 is 47.1. The smallest absolute Gasteiger partial charge is 0.497 e. The van der Waals surface area contributed by atoms with E-state index in [9.17, 15) is 13.2 Å². The molecule has 8 heteroatoms. The monoisotopic (exact) mass is 411 g/mol. The van der Waals surface area contributed by atoms with Gasteiger partial charge in [-0.05, 0) is 36.4 Å². The zero-order chi connectivity index (χ0) is 21.1. The predicted octanol–water partition coefficient (Wildman–Crippen LogP) is 5.54. The van der Waals surface area contributed by atoms with Crippen LogP contribution in [0.1, 0.15) is 11.1 Å². The van der Waals surface area contributed by atoms with Crippen LogP contribution in [0.2, 0.25) is 0 Å². The number of halogens is 3. The van der Waals surface area contributed by atoms with E-state index in [1.54, 1.807) is 19.2 Å². The van der Waals surface area contributed by atoms with E-state index >= 15 is 0 Å². The number of hydrogen-bond acceptors (Lipinski definition) is 5. The molecule has 0 saturated carbocycles. The van der Waals surface area contributed by atoms with Crippen molar-refractivity contribution in [1.82, 2.24) is 0 Å². The van der Waals surface area contributed by atoms with Crippen molar-refractivity contribution in [3.63, 3.8) is 0 Å². The Morgan fingerprint density at radius 3 is 2.17 bits per heavy atom. The number of hydrogen-bond donors (Lipinski definition) is 1. The molecule has 30 heavy (non-hydrogen) atoms. The Morgan fingerprint density at radius 2 is 1.50 bits per heavy atom. The van der Waals surface area contributed by atoms with Crippen molar-refractivity contribution >= 4 is 23.0 Å². The van der Waals surface area contributed by atoms with Gasteiger partial charge in [-0.15, -0.1) is 13.2 Å². The van der Waals surface area contributed by atoms with Crippen molar-refractivity contribution in [3.8, 4) is 11.5 Å². The molecule has 0 aromatic heterocycles. The number of nitrogens with zero attached hydrogens (tertiary/aromatic N) is 2. The van der Waals surface area contributed by atoms with E-state index in [1.165, 1.54) is 18.2 Å². The van der Waals surface area contributed by atoms with Gasteiger partial charge in [0, 0.05) is 17.2 Å². The van der Waals surface area contributed by atoms with Crippen LogP contribution in [0.3, 0.4) is 0 Å². The molecule has 3 aromatic carbocycles. The van der Waals surface area contributed by atoms with Gasteiger partial charge in [0.25, 0.3) is 0 Å². The molecule has 1 aliphatic rings. The summed E-state index contributed by atoms with van der Waals surface area (Å²) in [6.45, 7) is 0. The number of nitrogens with one attached hydrogen (secondary N) is 1. The molecule has 5 nitrogen and oxygen atoms in total. The van der Waals surface area contributed by atoms with Crippen LogP contribution in [0.5, 0.6) is 11.5 Å². The zero-order valence-corrected chi connectivity index (χ0v) is 15.8. The van der Waals surface area contributed by atoms with Gasteiger partial charge < -0.3 is 14.8 Å². The van der Waals surface area contributed by atoms with Gasteiger partial charge in [-0.3, -0.25) is 0 Å². The molecular weight excluding hydrogens is 395 g/mol. The molecule has 0 bridgehead atoms. The number of amidine groups is 2. The van der Waals surface area contributed by atoms with Gasteiger partial charge in [-0.1, -0.05) is 30.3 Å². The van der Waals surface area contributed by atoms with Crippen molar-refractivity contribution in [2.75, 3.05) is 12.4 Å². The van der Waals surface area contributed by atoms with Gasteiger partial charge >= 0.3 is 6.36 Å². The van der Waals surface area contributed by atoms with E-state index in [1.807, 2.05) is 42.5 Å². The summed E-state index contributed by atoms with van der Waals surface area (Å²) in [5.74, 6) is 1.21. The fraction of sp³-hybridized carbons (Fsp3) is 0.0909. The molecular formula is C22H16F3N3O2. The second kappa shape index (κ2) is 7.90. The number of aliphatic imine (C=N–C) groups is 2. The Morgan fingerprint density at radius 1 is 0.800 bits per heavy atom. The van der Waals surface area contributed by atoms with E-state index in [0.29, 0.717) is 28.8 Å². The van der Waals surface area contributed by atoms with Crippen LogP contribution in [-0.4, -0.2) is 25.1 Å². The van der Waals surface area contributed by atoms with Crippen LogP contribution in [-0.2, 0) is 0 Å². The molecule has 1 N–H and O–H groups in total. The third-order valence-corrected chi connectivity index (χ3v) is 4.29. The molecule has 4 rings (SSSR count). The molecule has 0 atom stereocenters. The molecule has 0 fully saturated rings. The molecule has 0 spiro atoms. The van der Waals surface area contributed by atoms with Gasteiger partial charge in [0.2, 0.25) is 0 Å². The molecule has 1 heterocycles. The molecule has 0 aliphatic carbocycles. The normalized spacial score (nSPS) is 13.3. The average molecular weight is 411 g/mol. The fourth-order valence-corrected chi connectivity index (χ4v) is 2.91. The number of methoxy groups -OCH3 is 1. The summed E-state index contributed by atoms with van der Waals surface area (Å²) in [7, 11) is 1.57. The van der Waals surface area contributed by atoms with Crippen molar-refractivity contribution in [2.24, 2.45) is 9.98 Å². The molecule has 0 amide bonds. The zero-order valence-electron chi connectivity index (χ0n) is 15.8. The Kier molecular flexibility index (Phi) is 5.14. The maximum Gasteiger partial charge on any atom is 0.573 e. The summed E-state index contributed by atoms with van der Waals surface area (Å²) in [6, 6.07) is 20.4. The summed E-state index contributed by atoms with van der Waals surface area (Å²) in [5.41, 5.74) is 2.27. The van der Waals surface area contributed by atoms with E-state index in [2.05, 4.69) is 20.0 Å². The van der Waals surface area contributed by atoms with Crippen molar-refractivity contribution in [3.05, 3.63) is 83.9 Å². The Bertz CT molecular complexity index is 1110. The SMILES string of the molecule is COc1ccc(C2=Nc3ccc(OC(F)(F)F)cc3NC(c3ccccc3)=N2)cc1. The maximum absolute atomic E-state index is 12.6. The minimum Gasteiger partial charge on any atom is -0.497 e. The number of anilines is 1. The van der Waals surface area contributed by atoms with Gasteiger partial charge in [0.05, 0.1) is 18.5 Å². The topological polar surface area (TPSA) is 55.2 Å². The number of ether oxygens (including phenoxy) is 2. The third kappa shape index (κ3) is 4.43. The van der Waals surface area contributed by atoms with Crippen LogP contribution in [0.4, 0.5) is 24.5 Å². The minimum atomic E-state index is -4.78. The van der Waals surface area contributed by atoms with Crippen molar-refractivity contribution < 1.29 is 22.6 Å². The highest BCUT2D eigenvalue weighted by molar-refractivity contribution is 6.19. The molecule has 0 saturated heterocycles. The number of benzene rings is 3. The number of fused-ring (bicyclic) bond motifs is 1. The van der Waals surface area contributed by atoms with Crippen LogP contribution in [0.15, 0.2) is 82.8 Å². The Labute approximate surface area is 170 Å². The molecule has 0 radical (unpaired) electrons. The van der Waals surface area contributed by atoms with Crippen molar-refractivity contribution in [1.29, 1.82) is 0 Å². The lowest BCUT2D eigenvalue weighted by atomic mass is 10.2. The quantitative estimate of drug-likeness (QED) is 0.613. The highest BCUT2D eigenvalue weighted by atomic mass is 19.4. The first-order valence-electron chi connectivity index (χ1n) is 8.95. The first-order chi connectivity index (χ1) is 14.4. The lowest BCUT2D eigenvalue weighted by molar-refractivity contribution is -0.274. The van der Waals surface area contributed by atoms with Crippen LogP contribution < -0.4 is 14.8 Å². The third-order valence-electron chi connectivity index (χ3n) is 4.29. The van der Waals surface area contributed by atoms with E-state index in [4.69, 9.17) is 4.74 Å². The van der Waals surface area contributed by atoms with E-state index in [-0.39, 0.29) is 5.75 Å². The second-order valence-electron chi connectivity index (χ2n) is 6.34. The maximum atomic E-state index is 12.6. The van der Waals surface area contributed by atoms with Crippen LogP contribution in [0.25, 0.3) is 0 Å². The number of alkyl halides is 3. The lowest BCUT2D eigenvalue weighted by Gasteiger charge is -2.13. The molecule has 1 aliphatic heterocycles. The largest absolute Gasteiger partial charge is 0.573 e. The summed E-state index contributed by atoms with van der Waals surface area (Å²) >= 11 is 0. The van der Waals surface area contributed by atoms with Crippen LogP contribution in [0, 0.1) is 0 Å². The minimum absolute atomic E-state index is 0.343. The first kappa shape index (κ1) is 19.5. The summed E-state index contributed by atoms with van der Waals surface area (Å²) in [6.07, 6.45) is -4.78. The molecule has 0 unspecified atom stereocenters. The Hall–Kier alpha value is -3.81. The standard InChI is InChI=1S/C22H16F3N3O2/c1-29-16-9-7-15(8-10-16)21-26-18-12-11-17(30-22(23,24)25)13-19(18)27-20(28-21)14-5-3-2-4-6-14/h2-13H,1H3,(H,26,27,28). The number of rotatable bonds is 4. The molecule has 152 valence electrons. The second-order valence-corrected chi connectivity index (χ2v) is 6.34. The summed E-state index contributed by atoms with van der Waals surface area (Å²) in [5, 5.41) is 3.09. The lowest BCUT2D eigenvalue weighted by Crippen LogP contribution is -2.18. The van der Waals surface area contributed by atoms with Crippen LogP contribution >= 0.6 is 0 Å². The van der Waals surface area contributed by atoms with Gasteiger partial charge in [-0.2, -0.15) is 0 Å². The van der Waals surface area contributed by atoms with Crippen molar-refractivity contribution in [2.45, 2.75) is 6.36 Å². The first-order valence-corrected chi connectivity index (χ1v) is 8.95. The fourth-order valence-electron chi connectivity index (χ4n) is 2.91. The van der Waals surface area contributed by atoms with E-state index < -0.39 is 6.36 Å². The molecule has 3 aromatic rings. The average Bonchev–Trinajstić information content (AvgIpc) is 2.93. The van der Waals surface area contributed by atoms with Gasteiger partial charge in [-0.25, -0.2) is 9.98 Å². The predicted molar refractivity (Wildman–Crippen MR) is 109 cm³/mol. The van der Waals surface area contributed by atoms with E-state index in [0.717, 1.165) is 11.1 Å². The van der Waals surface area contributed by atoms with Gasteiger partial charge in [0.15, 0.2) is 5.84 Å². The highest BCUT2D eigenvalue weighted by Gasteiger charge is 2.31. The summed E-state index contributed by atoms with van der Waals surface area (Å²) in [4.78, 5) is 9.21. The highest BCUT2D eigenvalue weighted by Crippen LogP contribution is 2.34. The van der Waals surface area contributed by atoms with Gasteiger partial charge in [0.1, 0.15) is 17.3 Å².